The first-order chi connectivity index (χ1) is 12.8. The van der Waals surface area contributed by atoms with Crippen molar-refractivity contribution in [3.63, 3.8) is 0 Å². The van der Waals surface area contributed by atoms with Gasteiger partial charge in [0.2, 0.25) is 0 Å². The topological polar surface area (TPSA) is 66.9 Å². The molecule has 146 valence electrons. The molecule has 1 atom stereocenters. The van der Waals surface area contributed by atoms with Gasteiger partial charge in [0.25, 0.3) is 11.8 Å². The number of rotatable bonds is 4. The average molecular weight is 372 g/mol. The fraction of sp³-hybridized carbons (Fsp3) is 0.571. The molecule has 3 amide bonds. The van der Waals surface area contributed by atoms with Crippen LogP contribution < -0.4 is 0 Å². The summed E-state index contributed by atoms with van der Waals surface area (Å²) in [5.74, 6) is -0.0225. The minimum absolute atomic E-state index is 0.199. The normalized spacial score (nSPS) is 20.0. The zero-order valence-corrected chi connectivity index (χ0v) is 16.4. The lowest BCUT2D eigenvalue weighted by atomic mass is 9.93. The molecule has 0 spiro atoms. The number of likely N-dealkylation sites (tertiary alicyclic amines) is 1. The number of benzene rings is 1. The summed E-state index contributed by atoms with van der Waals surface area (Å²) in [6.45, 7) is 7.44. The lowest BCUT2D eigenvalue weighted by Gasteiger charge is -2.34. The molecule has 6 heteroatoms. The van der Waals surface area contributed by atoms with Crippen LogP contribution in [0.25, 0.3) is 0 Å². The van der Waals surface area contributed by atoms with Gasteiger partial charge < -0.3 is 9.64 Å². The summed E-state index contributed by atoms with van der Waals surface area (Å²) >= 11 is 0. The molecule has 3 rings (SSSR count). The van der Waals surface area contributed by atoms with Crippen molar-refractivity contribution in [2.75, 3.05) is 19.6 Å². The van der Waals surface area contributed by atoms with Gasteiger partial charge in [0.15, 0.2) is 0 Å². The highest BCUT2D eigenvalue weighted by atomic mass is 16.6. The molecule has 2 aliphatic heterocycles. The van der Waals surface area contributed by atoms with E-state index < -0.39 is 5.60 Å². The van der Waals surface area contributed by atoms with Gasteiger partial charge in [0.05, 0.1) is 11.1 Å². The summed E-state index contributed by atoms with van der Waals surface area (Å²) < 4.78 is 5.46. The van der Waals surface area contributed by atoms with E-state index in [9.17, 15) is 14.4 Å². The number of hydrogen-bond acceptors (Lipinski definition) is 4. The molecule has 6 nitrogen and oxygen atoms in total. The number of imide groups is 1. The number of carbonyl (C=O) groups is 3. The number of hydrogen-bond donors (Lipinski definition) is 0. The van der Waals surface area contributed by atoms with Gasteiger partial charge in [-0.3, -0.25) is 14.5 Å². The van der Waals surface area contributed by atoms with Gasteiger partial charge in [-0.2, -0.15) is 0 Å². The van der Waals surface area contributed by atoms with Gasteiger partial charge in [0.1, 0.15) is 5.60 Å². The van der Waals surface area contributed by atoms with Gasteiger partial charge in [-0.25, -0.2) is 4.79 Å². The molecular weight excluding hydrogens is 344 g/mol. The van der Waals surface area contributed by atoms with Crippen molar-refractivity contribution in [2.24, 2.45) is 5.92 Å². The van der Waals surface area contributed by atoms with Crippen LogP contribution in [0.2, 0.25) is 0 Å². The molecule has 0 bridgehead atoms. The second-order valence-corrected chi connectivity index (χ2v) is 8.38. The van der Waals surface area contributed by atoms with E-state index in [1.54, 1.807) is 29.2 Å². The Kier molecular flexibility index (Phi) is 5.53. The third-order valence-corrected chi connectivity index (χ3v) is 5.04. The molecule has 2 aliphatic rings. The molecule has 0 aromatic heterocycles. The van der Waals surface area contributed by atoms with E-state index in [0.717, 1.165) is 32.2 Å². The zero-order valence-electron chi connectivity index (χ0n) is 16.4. The lowest BCUT2D eigenvalue weighted by Crippen LogP contribution is -2.43. The minimum atomic E-state index is -0.491. The third-order valence-electron chi connectivity index (χ3n) is 5.04. The molecule has 1 unspecified atom stereocenters. The number of piperidine rings is 1. The van der Waals surface area contributed by atoms with Crippen LogP contribution in [0.5, 0.6) is 0 Å². The number of ether oxygens (including phenoxy) is 1. The van der Waals surface area contributed by atoms with Crippen molar-refractivity contribution in [1.82, 2.24) is 9.80 Å². The quantitative estimate of drug-likeness (QED) is 0.756. The molecule has 27 heavy (non-hydrogen) atoms. The summed E-state index contributed by atoms with van der Waals surface area (Å²) in [7, 11) is 0. The third kappa shape index (κ3) is 4.49. The fourth-order valence-corrected chi connectivity index (χ4v) is 3.77. The van der Waals surface area contributed by atoms with Crippen molar-refractivity contribution in [2.45, 2.75) is 52.1 Å². The van der Waals surface area contributed by atoms with Crippen LogP contribution in [0.4, 0.5) is 4.79 Å². The molecular formula is C21H28N2O4. The van der Waals surface area contributed by atoms with Crippen molar-refractivity contribution >= 4 is 17.9 Å². The highest BCUT2D eigenvalue weighted by Crippen LogP contribution is 2.25. The Morgan fingerprint density at radius 3 is 2.37 bits per heavy atom. The summed E-state index contributed by atoms with van der Waals surface area (Å²) in [4.78, 5) is 40.2. The fourth-order valence-electron chi connectivity index (χ4n) is 3.77. The Morgan fingerprint density at radius 2 is 1.78 bits per heavy atom. The number of carbonyl (C=O) groups excluding carboxylic acids is 3. The van der Waals surface area contributed by atoms with Crippen molar-refractivity contribution in [1.29, 1.82) is 0 Å². The highest BCUT2D eigenvalue weighted by Gasteiger charge is 2.35. The average Bonchev–Trinajstić information content (AvgIpc) is 2.86. The molecule has 1 fully saturated rings. The Labute approximate surface area is 160 Å². The smallest absolute Gasteiger partial charge is 0.410 e. The van der Waals surface area contributed by atoms with Crippen LogP contribution in [-0.4, -0.2) is 52.9 Å². The molecule has 0 radical (unpaired) electrons. The molecule has 0 saturated carbocycles. The largest absolute Gasteiger partial charge is 0.444 e. The van der Waals surface area contributed by atoms with Crippen LogP contribution >= 0.6 is 0 Å². The van der Waals surface area contributed by atoms with E-state index in [1.807, 2.05) is 20.8 Å². The van der Waals surface area contributed by atoms with Gasteiger partial charge >= 0.3 is 6.09 Å². The standard InChI is InChI=1S/C21H28N2O4/c1-21(2,3)27-20(26)22-12-6-8-15(14-22)9-7-13-23-18(24)16-10-4-5-11-17(16)19(23)25/h4-5,10-11,15H,6-9,12-14H2,1-3H3. The van der Waals surface area contributed by atoms with Crippen LogP contribution in [0.3, 0.4) is 0 Å². The van der Waals surface area contributed by atoms with Crippen LogP contribution in [0.1, 0.15) is 67.2 Å². The summed E-state index contributed by atoms with van der Waals surface area (Å²) in [6.07, 6.45) is 3.39. The van der Waals surface area contributed by atoms with E-state index in [4.69, 9.17) is 4.74 Å². The summed E-state index contributed by atoms with van der Waals surface area (Å²) in [6, 6.07) is 6.96. The van der Waals surface area contributed by atoms with Crippen molar-refractivity contribution in [3.8, 4) is 0 Å². The first-order valence-electron chi connectivity index (χ1n) is 9.69. The highest BCUT2D eigenvalue weighted by molar-refractivity contribution is 6.21. The van der Waals surface area contributed by atoms with E-state index in [1.165, 1.54) is 4.90 Å². The van der Waals surface area contributed by atoms with Crippen LogP contribution in [0.15, 0.2) is 24.3 Å². The van der Waals surface area contributed by atoms with E-state index in [-0.39, 0.29) is 17.9 Å². The maximum atomic E-state index is 12.4. The van der Waals surface area contributed by atoms with E-state index in [0.29, 0.717) is 30.1 Å². The molecule has 1 saturated heterocycles. The van der Waals surface area contributed by atoms with Gasteiger partial charge in [-0.05, 0) is 64.5 Å². The zero-order chi connectivity index (χ0) is 19.6. The van der Waals surface area contributed by atoms with Gasteiger partial charge in [-0.15, -0.1) is 0 Å². The van der Waals surface area contributed by atoms with E-state index >= 15 is 0 Å². The minimum Gasteiger partial charge on any atom is -0.444 e. The maximum Gasteiger partial charge on any atom is 0.410 e. The monoisotopic (exact) mass is 372 g/mol. The van der Waals surface area contributed by atoms with E-state index in [2.05, 4.69) is 0 Å². The molecule has 2 heterocycles. The molecule has 0 N–H and O–H groups in total. The first kappa shape index (κ1) is 19.4. The SMILES string of the molecule is CC(C)(C)OC(=O)N1CCCC(CCCN2C(=O)c3ccccc3C2=O)C1. The summed E-state index contributed by atoms with van der Waals surface area (Å²) in [5, 5.41) is 0. The number of nitrogens with zero attached hydrogens (tertiary/aromatic N) is 2. The van der Waals surface area contributed by atoms with Gasteiger partial charge in [-0.1, -0.05) is 12.1 Å². The van der Waals surface area contributed by atoms with Crippen molar-refractivity contribution in [3.05, 3.63) is 35.4 Å². The molecule has 1 aromatic rings. The van der Waals surface area contributed by atoms with Gasteiger partial charge in [0, 0.05) is 19.6 Å². The number of amides is 3. The number of fused-ring (bicyclic) bond motifs is 1. The second kappa shape index (κ2) is 7.71. The Morgan fingerprint density at radius 1 is 1.15 bits per heavy atom. The Bertz CT molecular complexity index is 703. The summed E-state index contributed by atoms with van der Waals surface area (Å²) in [5.41, 5.74) is 0.503. The molecule has 0 aliphatic carbocycles. The Hall–Kier alpha value is -2.37. The predicted molar refractivity (Wildman–Crippen MR) is 102 cm³/mol. The van der Waals surface area contributed by atoms with Crippen LogP contribution in [0, 0.1) is 5.92 Å². The lowest BCUT2D eigenvalue weighted by molar-refractivity contribution is 0.0160. The Balaban J connectivity index is 1.49. The van der Waals surface area contributed by atoms with Crippen LogP contribution in [-0.2, 0) is 4.74 Å². The second-order valence-electron chi connectivity index (χ2n) is 8.38. The molecule has 1 aromatic carbocycles. The first-order valence-corrected chi connectivity index (χ1v) is 9.69. The maximum absolute atomic E-state index is 12.4. The van der Waals surface area contributed by atoms with Crippen molar-refractivity contribution < 1.29 is 19.1 Å². The predicted octanol–water partition coefficient (Wildman–Crippen LogP) is 3.71.